The Balaban J connectivity index is 2.20. The van der Waals surface area contributed by atoms with Crippen LogP contribution in [-0.2, 0) is 6.42 Å². The highest BCUT2D eigenvalue weighted by atomic mass is 79.9. The first kappa shape index (κ1) is 9.50. The molecule has 1 saturated carbocycles. The second-order valence-electron chi connectivity index (χ2n) is 3.64. The normalized spacial score (nSPS) is 18.7. The van der Waals surface area contributed by atoms with E-state index in [2.05, 4.69) is 15.9 Å². The van der Waals surface area contributed by atoms with Crippen LogP contribution in [-0.4, -0.2) is 10.7 Å². The summed E-state index contributed by atoms with van der Waals surface area (Å²) in [5, 5.41) is 10.4. The van der Waals surface area contributed by atoms with E-state index in [0.717, 1.165) is 34.3 Å². The van der Waals surface area contributed by atoms with E-state index in [1.165, 1.54) is 0 Å². The molecule has 2 rings (SSSR count). The van der Waals surface area contributed by atoms with E-state index >= 15 is 0 Å². The van der Waals surface area contributed by atoms with Gasteiger partial charge in [-0.3, -0.25) is 0 Å². The number of hydrogen-bond donors (Lipinski definition) is 1. The van der Waals surface area contributed by atoms with Gasteiger partial charge in [0.05, 0.1) is 5.60 Å². The van der Waals surface area contributed by atoms with Gasteiger partial charge in [-0.05, 0) is 30.5 Å². The van der Waals surface area contributed by atoms with Gasteiger partial charge < -0.3 is 5.11 Å². The summed E-state index contributed by atoms with van der Waals surface area (Å²) >= 11 is 9.24. The molecule has 0 spiro atoms. The van der Waals surface area contributed by atoms with Crippen molar-refractivity contribution in [1.29, 1.82) is 0 Å². The molecule has 1 aliphatic rings. The van der Waals surface area contributed by atoms with Gasteiger partial charge in [0.1, 0.15) is 0 Å². The summed E-state index contributed by atoms with van der Waals surface area (Å²) < 4.78 is 0.986. The SMILES string of the molecule is OC1(Cc2ccc(Cl)cc2Br)CC1. The smallest absolute Gasteiger partial charge is 0.0690 e. The van der Waals surface area contributed by atoms with Crippen LogP contribution in [0.5, 0.6) is 0 Å². The molecule has 1 aliphatic carbocycles. The maximum atomic E-state index is 9.72. The summed E-state index contributed by atoms with van der Waals surface area (Å²) in [6.07, 6.45) is 2.56. The summed E-state index contributed by atoms with van der Waals surface area (Å²) in [6.45, 7) is 0. The van der Waals surface area contributed by atoms with Crippen LogP contribution in [0.4, 0.5) is 0 Å². The van der Waals surface area contributed by atoms with Gasteiger partial charge in [0, 0.05) is 15.9 Å². The number of hydrogen-bond acceptors (Lipinski definition) is 1. The molecule has 13 heavy (non-hydrogen) atoms. The zero-order chi connectivity index (χ0) is 9.47. The maximum Gasteiger partial charge on any atom is 0.0690 e. The molecule has 1 aromatic rings. The Morgan fingerprint density at radius 3 is 2.69 bits per heavy atom. The molecule has 0 radical (unpaired) electrons. The zero-order valence-corrected chi connectivity index (χ0v) is 9.40. The number of benzene rings is 1. The fraction of sp³-hybridized carbons (Fsp3) is 0.400. The lowest BCUT2D eigenvalue weighted by Gasteiger charge is -2.09. The molecule has 1 aromatic carbocycles. The predicted octanol–water partition coefficient (Wildman–Crippen LogP) is 3.17. The van der Waals surface area contributed by atoms with Crippen LogP contribution in [0.1, 0.15) is 18.4 Å². The summed E-state index contributed by atoms with van der Waals surface area (Å²) in [5.74, 6) is 0. The predicted molar refractivity (Wildman–Crippen MR) is 57.0 cm³/mol. The Morgan fingerprint density at radius 1 is 1.46 bits per heavy atom. The van der Waals surface area contributed by atoms with Gasteiger partial charge in [0.2, 0.25) is 0 Å². The lowest BCUT2D eigenvalue weighted by Crippen LogP contribution is -2.10. The average Bonchev–Trinajstić information content (AvgIpc) is 2.75. The molecule has 0 saturated heterocycles. The van der Waals surface area contributed by atoms with Crippen LogP contribution in [0.3, 0.4) is 0 Å². The average molecular weight is 262 g/mol. The molecule has 0 aromatic heterocycles. The Morgan fingerprint density at radius 2 is 2.15 bits per heavy atom. The first-order chi connectivity index (χ1) is 6.09. The molecule has 0 amide bonds. The van der Waals surface area contributed by atoms with Crippen molar-refractivity contribution in [3.05, 3.63) is 33.3 Å². The van der Waals surface area contributed by atoms with E-state index in [0.29, 0.717) is 0 Å². The third-order valence-electron chi connectivity index (χ3n) is 2.36. The van der Waals surface area contributed by atoms with Crippen molar-refractivity contribution in [2.45, 2.75) is 24.9 Å². The Kier molecular flexibility index (Phi) is 2.39. The van der Waals surface area contributed by atoms with E-state index in [9.17, 15) is 5.11 Å². The second-order valence-corrected chi connectivity index (χ2v) is 4.93. The van der Waals surface area contributed by atoms with Gasteiger partial charge in [-0.15, -0.1) is 0 Å². The molecule has 1 N–H and O–H groups in total. The van der Waals surface area contributed by atoms with E-state index in [-0.39, 0.29) is 0 Å². The van der Waals surface area contributed by atoms with Crippen LogP contribution < -0.4 is 0 Å². The van der Waals surface area contributed by atoms with E-state index < -0.39 is 5.60 Å². The van der Waals surface area contributed by atoms with Crippen molar-refractivity contribution in [3.63, 3.8) is 0 Å². The third kappa shape index (κ3) is 2.25. The van der Waals surface area contributed by atoms with E-state index in [1.807, 2.05) is 18.2 Å². The Labute approximate surface area is 90.9 Å². The molecule has 0 aliphatic heterocycles. The fourth-order valence-corrected chi connectivity index (χ4v) is 2.16. The Hall–Kier alpha value is -0.0500. The highest BCUT2D eigenvalue weighted by Crippen LogP contribution is 2.39. The van der Waals surface area contributed by atoms with Gasteiger partial charge in [0.25, 0.3) is 0 Å². The lowest BCUT2D eigenvalue weighted by atomic mass is 10.1. The molecule has 0 unspecified atom stereocenters. The minimum atomic E-state index is -0.434. The topological polar surface area (TPSA) is 20.2 Å². The number of rotatable bonds is 2. The van der Waals surface area contributed by atoms with Crippen molar-refractivity contribution in [2.75, 3.05) is 0 Å². The molecule has 3 heteroatoms. The van der Waals surface area contributed by atoms with Gasteiger partial charge >= 0.3 is 0 Å². The summed E-state index contributed by atoms with van der Waals surface area (Å²) in [5.41, 5.74) is 0.695. The summed E-state index contributed by atoms with van der Waals surface area (Å²) in [6, 6.07) is 5.68. The minimum Gasteiger partial charge on any atom is -0.390 e. The van der Waals surface area contributed by atoms with Crippen LogP contribution in [0.25, 0.3) is 0 Å². The largest absolute Gasteiger partial charge is 0.390 e. The van der Waals surface area contributed by atoms with Crippen LogP contribution >= 0.6 is 27.5 Å². The molecule has 1 fully saturated rings. The van der Waals surface area contributed by atoms with Crippen LogP contribution in [0.2, 0.25) is 5.02 Å². The molecular weight excluding hydrogens is 251 g/mol. The van der Waals surface area contributed by atoms with E-state index in [4.69, 9.17) is 11.6 Å². The monoisotopic (exact) mass is 260 g/mol. The van der Waals surface area contributed by atoms with Crippen molar-refractivity contribution in [1.82, 2.24) is 0 Å². The van der Waals surface area contributed by atoms with Gasteiger partial charge in [-0.25, -0.2) is 0 Å². The Bertz CT molecular complexity index is 334. The highest BCUT2D eigenvalue weighted by molar-refractivity contribution is 9.10. The second kappa shape index (κ2) is 3.26. The first-order valence-electron chi connectivity index (χ1n) is 4.25. The van der Waals surface area contributed by atoms with Crippen molar-refractivity contribution >= 4 is 27.5 Å². The fourth-order valence-electron chi connectivity index (χ4n) is 1.34. The van der Waals surface area contributed by atoms with Gasteiger partial charge in [-0.1, -0.05) is 33.6 Å². The number of aliphatic hydroxyl groups is 1. The van der Waals surface area contributed by atoms with Crippen molar-refractivity contribution < 1.29 is 5.11 Å². The molecule has 0 atom stereocenters. The highest BCUT2D eigenvalue weighted by Gasteiger charge is 2.40. The molecule has 70 valence electrons. The maximum absolute atomic E-state index is 9.72. The van der Waals surface area contributed by atoms with Crippen molar-refractivity contribution in [3.8, 4) is 0 Å². The number of halogens is 2. The van der Waals surface area contributed by atoms with Crippen LogP contribution in [0, 0.1) is 0 Å². The molecule has 0 bridgehead atoms. The zero-order valence-electron chi connectivity index (χ0n) is 7.06. The van der Waals surface area contributed by atoms with E-state index in [1.54, 1.807) is 0 Å². The van der Waals surface area contributed by atoms with Gasteiger partial charge in [-0.2, -0.15) is 0 Å². The third-order valence-corrected chi connectivity index (χ3v) is 3.34. The molecule has 1 nitrogen and oxygen atoms in total. The standard InChI is InChI=1S/C10H10BrClO/c11-9-5-8(12)2-1-7(9)6-10(13)3-4-10/h1-2,5,13H,3-4,6H2. The van der Waals surface area contributed by atoms with Crippen molar-refractivity contribution in [2.24, 2.45) is 0 Å². The quantitative estimate of drug-likeness (QED) is 0.867. The first-order valence-corrected chi connectivity index (χ1v) is 5.42. The van der Waals surface area contributed by atoms with Crippen LogP contribution in [0.15, 0.2) is 22.7 Å². The minimum absolute atomic E-state index is 0.434. The molecular formula is C10H10BrClO. The summed E-state index contributed by atoms with van der Waals surface area (Å²) in [7, 11) is 0. The van der Waals surface area contributed by atoms with Gasteiger partial charge in [0.15, 0.2) is 0 Å². The lowest BCUT2D eigenvalue weighted by molar-refractivity contribution is 0.151. The molecule has 0 heterocycles. The summed E-state index contributed by atoms with van der Waals surface area (Å²) in [4.78, 5) is 0.